The van der Waals surface area contributed by atoms with Crippen LogP contribution in [0.2, 0.25) is 0 Å². The first-order valence-corrected chi connectivity index (χ1v) is 8.20. The van der Waals surface area contributed by atoms with Gasteiger partial charge in [0, 0.05) is 41.0 Å². The number of thiophene rings is 1. The molecule has 0 saturated carbocycles. The van der Waals surface area contributed by atoms with Crippen molar-refractivity contribution < 1.29 is 0 Å². The summed E-state index contributed by atoms with van der Waals surface area (Å²) in [6.07, 6.45) is 2.07. The average molecular weight is 323 g/mol. The summed E-state index contributed by atoms with van der Waals surface area (Å²) in [5.41, 5.74) is 9.10. The largest absolute Gasteiger partial charge is 0.372 e. The molecular formula is C17H17N5S. The van der Waals surface area contributed by atoms with Gasteiger partial charge in [-0.1, -0.05) is 0 Å². The van der Waals surface area contributed by atoms with Crippen LogP contribution < -0.4 is 11.1 Å². The summed E-state index contributed by atoms with van der Waals surface area (Å²) in [6.45, 7) is 2.12. The summed E-state index contributed by atoms with van der Waals surface area (Å²) < 4.78 is 2.15. The van der Waals surface area contributed by atoms with Crippen molar-refractivity contribution in [3.63, 3.8) is 0 Å². The maximum absolute atomic E-state index is 5.88. The predicted octanol–water partition coefficient (Wildman–Crippen LogP) is 3.78. The molecule has 5 nitrogen and oxygen atoms in total. The maximum Gasteiger partial charge on any atom is 0.222 e. The summed E-state index contributed by atoms with van der Waals surface area (Å²) in [7, 11) is 3.92. The van der Waals surface area contributed by atoms with Gasteiger partial charge in [0.15, 0.2) is 0 Å². The highest BCUT2D eigenvalue weighted by Gasteiger charge is 2.16. The number of hydrogen-bond donors (Lipinski definition) is 2. The fraction of sp³-hybridized carbons (Fsp3) is 0.176. The minimum Gasteiger partial charge on any atom is -0.372 e. The lowest BCUT2D eigenvalue weighted by molar-refractivity contribution is 0.970. The lowest BCUT2D eigenvalue weighted by Gasteiger charge is -2.11. The monoisotopic (exact) mass is 323 g/mol. The molecule has 116 valence electrons. The van der Waals surface area contributed by atoms with E-state index < -0.39 is 0 Å². The number of rotatable bonds is 2. The van der Waals surface area contributed by atoms with Gasteiger partial charge in [-0.05, 0) is 31.2 Å². The van der Waals surface area contributed by atoms with Gasteiger partial charge in [0.2, 0.25) is 5.95 Å². The SMILES string of the molecule is CNc1nc(N)nc2cc(-c3ccc(C)s3)c3c(ccn3C)c12. The molecule has 1 aromatic carbocycles. The quantitative estimate of drug-likeness (QED) is 0.589. The fourth-order valence-electron chi connectivity index (χ4n) is 3.09. The van der Waals surface area contributed by atoms with Crippen molar-refractivity contribution in [2.45, 2.75) is 6.92 Å². The van der Waals surface area contributed by atoms with E-state index in [1.807, 2.05) is 7.05 Å². The van der Waals surface area contributed by atoms with Crippen LogP contribution in [0.3, 0.4) is 0 Å². The van der Waals surface area contributed by atoms with E-state index in [4.69, 9.17) is 5.73 Å². The molecule has 0 aliphatic heterocycles. The van der Waals surface area contributed by atoms with Crippen LogP contribution in [0, 0.1) is 6.92 Å². The highest BCUT2D eigenvalue weighted by atomic mass is 32.1. The Kier molecular flexibility index (Phi) is 3.02. The van der Waals surface area contributed by atoms with Crippen molar-refractivity contribution in [2.24, 2.45) is 7.05 Å². The van der Waals surface area contributed by atoms with E-state index >= 15 is 0 Å². The molecule has 0 saturated heterocycles. The Balaban J connectivity index is 2.20. The number of nitrogens with two attached hydrogens (primary N) is 1. The number of nitrogen functional groups attached to an aromatic ring is 1. The van der Waals surface area contributed by atoms with E-state index in [1.165, 1.54) is 20.8 Å². The minimum atomic E-state index is 0.283. The summed E-state index contributed by atoms with van der Waals surface area (Å²) in [6, 6.07) is 8.54. The Hall–Kier alpha value is -2.60. The lowest BCUT2D eigenvalue weighted by Crippen LogP contribution is -2.02. The molecule has 3 aromatic heterocycles. The molecule has 4 rings (SSSR count). The van der Waals surface area contributed by atoms with E-state index in [9.17, 15) is 0 Å². The Labute approximate surface area is 137 Å². The Bertz CT molecular complexity index is 1040. The smallest absolute Gasteiger partial charge is 0.222 e. The van der Waals surface area contributed by atoms with Crippen LogP contribution in [-0.4, -0.2) is 21.6 Å². The van der Waals surface area contributed by atoms with E-state index in [0.29, 0.717) is 0 Å². The molecule has 23 heavy (non-hydrogen) atoms. The van der Waals surface area contributed by atoms with Gasteiger partial charge >= 0.3 is 0 Å². The van der Waals surface area contributed by atoms with Crippen LogP contribution in [0.15, 0.2) is 30.5 Å². The molecule has 0 bridgehead atoms. The average Bonchev–Trinajstić information content (AvgIpc) is 3.12. The first kappa shape index (κ1) is 14.0. The van der Waals surface area contributed by atoms with Gasteiger partial charge < -0.3 is 15.6 Å². The third-order valence-electron chi connectivity index (χ3n) is 4.08. The molecular weight excluding hydrogens is 306 g/mol. The number of benzene rings is 1. The number of nitrogens with one attached hydrogen (secondary N) is 1. The highest BCUT2D eigenvalue weighted by molar-refractivity contribution is 7.15. The summed E-state index contributed by atoms with van der Waals surface area (Å²) >= 11 is 1.79. The molecule has 6 heteroatoms. The van der Waals surface area contributed by atoms with Gasteiger partial charge in [-0.3, -0.25) is 0 Å². The fourth-order valence-corrected chi connectivity index (χ4v) is 3.97. The van der Waals surface area contributed by atoms with Crippen LogP contribution in [0.4, 0.5) is 11.8 Å². The number of fused-ring (bicyclic) bond motifs is 3. The second kappa shape index (κ2) is 4.96. The minimum absolute atomic E-state index is 0.283. The number of hydrogen-bond acceptors (Lipinski definition) is 5. The van der Waals surface area contributed by atoms with Gasteiger partial charge in [-0.25, -0.2) is 4.98 Å². The number of aromatic nitrogens is 3. The van der Waals surface area contributed by atoms with E-state index in [0.717, 1.165) is 22.1 Å². The van der Waals surface area contributed by atoms with E-state index in [-0.39, 0.29) is 5.95 Å². The third-order valence-corrected chi connectivity index (χ3v) is 5.11. The molecule has 0 amide bonds. The Morgan fingerprint density at radius 3 is 2.74 bits per heavy atom. The molecule has 0 aliphatic carbocycles. The van der Waals surface area contributed by atoms with Crippen molar-refractivity contribution in [1.29, 1.82) is 0 Å². The predicted molar refractivity (Wildman–Crippen MR) is 98.0 cm³/mol. The zero-order valence-electron chi connectivity index (χ0n) is 13.2. The summed E-state index contributed by atoms with van der Waals surface area (Å²) in [4.78, 5) is 11.3. The van der Waals surface area contributed by atoms with Crippen LogP contribution in [0.1, 0.15) is 4.88 Å². The molecule has 4 aromatic rings. The molecule has 0 fully saturated rings. The number of aryl methyl sites for hydroxylation is 2. The van der Waals surface area contributed by atoms with Crippen LogP contribution >= 0.6 is 11.3 Å². The van der Waals surface area contributed by atoms with Crippen molar-refractivity contribution in [3.05, 3.63) is 35.3 Å². The first-order chi connectivity index (χ1) is 11.1. The summed E-state index contributed by atoms with van der Waals surface area (Å²) in [5.74, 6) is 1.04. The zero-order chi connectivity index (χ0) is 16.1. The molecule has 0 atom stereocenters. The number of anilines is 2. The van der Waals surface area contributed by atoms with Crippen LogP contribution in [0.5, 0.6) is 0 Å². The van der Waals surface area contributed by atoms with Gasteiger partial charge in [0.1, 0.15) is 5.82 Å². The van der Waals surface area contributed by atoms with Crippen molar-refractivity contribution >= 4 is 44.9 Å². The Morgan fingerprint density at radius 2 is 2.04 bits per heavy atom. The van der Waals surface area contributed by atoms with Gasteiger partial charge in [-0.2, -0.15) is 4.98 Å². The topological polar surface area (TPSA) is 68.8 Å². The normalized spacial score (nSPS) is 11.4. The molecule has 0 radical (unpaired) electrons. The number of nitrogens with zero attached hydrogens (tertiary/aromatic N) is 3. The van der Waals surface area contributed by atoms with Crippen LogP contribution in [0.25, 0.3) is 32.2 Å². The molecule has 0 spiro atoms. The molecule has 3 heterocycles. The van der Waals surface area contributed by atoms with Gasteiger partial charge in [-0.15, -0.1) is 11.3 Å². The summed E-state index contributed by atoms with van der Waals surface area (Å²) in [5, 5.41) is 5.28. The highest BCUT2D eigenvalue weighted by Crippen LogP contribution is 2.39. The standard InChI is InChI=1S/C17H17N5S/c1-9-4-5-13(23-9)11-8-12-14(10-6-7-22(3)15(10)11)16(19-2)21-17(18)20-12/h4-8H,1-3H3,(H3,18,19,20,21). The Morgan fingerprint density at radius 1 is 1.22 bits per heavy atom. The zero-order valence-corrected chi connectivity index (χ0v) is 14.0. The second-order valence-corrected chi connectivity index (χ2v) is 6.89. The molecule has 3 N–H and O–H groups in total. The van der Waals surface area contributed by atoms with Gasteiger partial charge in [0.05, 0.1) is 16.4 Å². The van der Waals surface area contributed by atoms with Gasteiger partial charge in [0.25, 0.3) is 0 Å². The van der Waals surface area contributed by atoms with Crippen molar-refractivity contribution in [1.82, 2.24) is 14.5 Å². The molecule has 0 unspecified atom stereocenters. The molecule has 0 aliphatic rings. The van der Waals surface area contributed by atoms with Crippen LogP contribution in [-0.2, 0) is 7.05 Å². The van der Waals surface area contributed by atoms with Crippen molar-refractivity contribution in [2.75, 3.05) is 18.1 Å². The second-order valence-electron chi connectivity index (χ2n) is 5.60. The lowest BCUT2D eigenvalue weighted by atomic mass is 10.0. The van der Waals surface area contributed by atoms with E-state index in [1.54, 1.807) is 11.3 Å². The maximum atomic E-state index is 5.88. The van der Waals surface area contributed by atoms with Crippen molar-refractivity contribution in [3.8, 4) is 10.4 Å². The third kappa shape index (κ3) is 2.06. The van der Waals surface area contributed by atoms with E-state index in [2.05, 4.69) is 64.3 Å². The first-order valence-electron chi connectivity index (χ1n) is 7.38.